The molecule has 0 bridgehead atoms. The molecule has 0 rings (SSSR count). The van der Waals surface area contributed by atoms with E-state index in [1.165, 1.54) is 0 Å². The van der Waals surface area contributed by atoms with Crippen molar-refractivity contribution in [2.45, 2.75) is 39.9 Å². The summed E-state index contributed by atoms with van der Waals surface area (Å²) in [5.41, 5.74) is -38.8. The minimum Gasteiger partial charge on any atom is -0.160 e. The quantitative estimate of drug-likeness (QED) is 0.202. The SMILES string of the molecule is FC(F)(F)SC(SC(F)(F)F)(SC(F)(F)F)C(SC(F)(F)F)(SC(F)(F)F)SC(F)(F)F. The van der Waals surface area contributed by atoms with E-state index in [0.29, 0.717) is 0 Å². The molecule has 0 unspecified atom stereocenters. The highest BCUT2D eigenvalue weighted by Gasteiger charge is 2.74. The van der Waals surface area contributed by atoms with Gasteiger partial charge in [-0.15, -0.1) is 0 Å². The third-order valence-corrected chi connectivity index (χ3v) is 10.9. The zero-order valence-electron chi connectivity index (χ0n) is 13.3. The Balaban J connectivity index is 7.54. The number of alkyl halides is 18. The van der Waals surface area contributed by atoms with Crippen molar-refractivity contribution in [1.29, 1.82) is 0 Å². The first kappa shape index (κ1) is 32.8. The fourth-order valence-electron chi connectivity index (χ4n) is 1.41. The van der Waals surface area contributed by atoms with Crippen LogP contribution in [0.15, 0.2) is 0 Å². The predicted octanol–water partition coefficient (Wildman–Crippen LogP) is 9.81. The summed E-state index contributed by atoms with van der Waals surface area (Å²) >= 11 is -16.5. The molecule has 24 heteroatoms. The predicted molar refractivity (Wildman–Crippen MR) is 87.3 cm³/mol. The number of rotatable bonds is 7. The van der Waals surface area contributed by atoms with Gasteiger partial charge in [0, 0.05) is 0 Å². The maximum atomic E-state index is 12.9. The summed E-state index contributed by atoms with van der Waals surface area (Å²) in [7, 11) is 0. The van der Waals surface area contributed by atoms with Gasteiger partial charge >= 0.3 is 33.0 Å². The number of hydrogen-bond donors (Lipinski definition) is 0. The molecule has 0 spiro atoms. The second-order valence-electron chi connectivity index (χ2n) is 4.40. The van der Waals surface area contributed by atoms with Gasteiger partial charge in [0.15, 0.2) is 6.82 Å². The fraction of sp³-hybridized carbons (Fsp3) is 1.00. The molecule has 0 aliphatic rings. The lowest BCUT2D eigenvalue weighted by Crippen LogP contribution is -2.49. The number of halogens is 18. The van der Waals surface area contributed by atoms with Gasteiger partial charge in [0.05, 0.1) is 0 Å². The van der Waals surface area contributed by atoms with Crippen LogP contribution in [0.3, 0.4) is 0 Å². The molecular weight excluding hydrogens is 630 g/mol. The molecule has 0 saturated heterocycles. The van der Waals surface area contributed by atoms with E-state index >= 15 is 0 Å². The van der Waals surface area contributed by atoms with Crippen molar-refractivity contribution >= 4 is 70.6 Å². The number of thioether (sulfide) groups is 6. The molecule has 0 aromatic rings. The summed E-state index contributed by atoms with van der Waals surface area (Å²) in [5, 5.41) is 0. The maximum Gasteiger partial charge on any atom is 0.444 e. The first-order chi connectivity index (χ1) is 13.5. The summed E-state index contributed by atoms with van der Waals surface area (Å²) in [5.74, 6) is 0. The molecule has 0 nitrogen and oxygen atoms in total. The second-order valence-corrected chi connectivity index (χ2v) is 13.6. The van der Waals surface area contributed by atoms with Crippen LogP contribution in [0.25, 0.3) is 0 Å². The van der Waals surface area contributed by atoms with Crippen LogP contribution < -0.4 is 0 Å². The van der Waals surface area contributed by atoms with Crippen molar-refractivity contribution in [1.82, 2.24) is 0 Å². The number of hydrogen-bond acceptors (Lipinski definition) is 6. The third kappa shape index (κ3) is 13.1. The Labute approximate surface area is 189 Å². The van der Waals surface area contributed by atoms with Crippen LogP contribution in [0, 0.1) is 0 Å². The Kier molecular flexibility index (Phi) is 10.3. The lowest BCUT2D eigenvalue weighted by atomic mass is 10.9. The molecule has 0 N–H and O–H groups in total. The van der Waals surface area contributed by atoms with Gasteiger partial charge in [0.1, 0.15) is 0 Å². The summed E-state index contributed by atoms with van der Waals surface area (Å²) < 4.78 is 220. The molecule has 32 heavy (non-hydrogen) atoms. The van der Waals surface area contributed by atoms with E-state index in [-0.39, 0.29) is 0 Å². The Morgan fingerprint density at radius 2 is 0.312 bits per heavy atom. The first-order valence-corrected chi connectivity index (χ1v) is 11.0. The molecular formula is C8F18S6. The zero-order chi connectivity index (χ0) is 26.2. The maximum absolute atomic E-state index is 12.9. The van der Waals surface area contributed by atoms with Gasteiger partial charge in [0.25, 0.3) is 0 Å². The van der Waals surface area contributed by atoms with Crippen molar-refractivity contribution in [3.05, 3.63) is 0 Å². The van der Waals surface area contributed by atoms with Crippen LogP contribution in [0.4, 0.5) is 79.0 Å². The van der Waals surface area contributed by atoms with E-state index < -0.39 is 110 Å². The van der Waals surface area contributed by atoms with E-state index in [2.05, 4.69) is 0 Å². The zero-order valence-corrected chi connectivity index (χ0v) is 18.2. The van der Waals surface area contributed by atoms with E-state index in [9.17, 15) is 79.0 Å². The Bertz CT molecular complexity index is 470. The van der Waals surface area contributed by atoms with Gasteiger partial charge in [-0.05, 0) is 70.6 Å². The second kappa shape index (κ2) is 10.1. The van der Waals surface area contributed by atoms with Gasteiger partial charge in [-0.25, -0.2) is 0 Å². The van der Waals surface area contributed by atoms with E-state index in [0.717, 1.165) is 0 Å². The van der Waals surface area contributed by atoms with Crippen LogP contribution in [0.1, 0.15) is 0 Å². The van der Waals surface area contributed by atoms with Crippen molar-refractivity contribution in [3.8, 4) is 0 Å². The van der Waals surface area contributed by atoms with Gasteiger partial charge in [-0.3, -0.25) is 0 Å². The minimum atomic E-state index is -6.47. The van der Waals surface area contributed by atoms with Gasteiger partial charge in [-0.1, -0.05) is 0 Å². The summed E-state index contributed by atoms with van der Waals surface area (Å²) in [6, 6.07) is 0. The van der Waals surface area contributed by atoms with Crippen molar-refractivity contribution in [2.24, 2.45) is 0 Å². The Morgan fingerprint density at radius 3 is 0.375 bits per heavy atom. The smallest absolute Gasteiger partial charge is 0.160 e. The molecule has 194 valence electrons. The minimum absolute atomic E-state index is 2.74. The molecule has 0 aliphatic heterocycles. The molecule has 0 atom stereocenters. The molecule has 0 saturated carbocycles. The molecule has 0 radical (unpaired) electrons. The van der Waals surface area contributed by atoms with Crippen molar-refractivity contribution in [2.75, 3.05) is 0 Å². The van der Waals surface area contributed by atoms with Gasteiger partial charge < -0.3 is 0 Å². The van der Waals surface area contributed by atoms with Crippen LogP contribution in [-0.2, 0) is 0 Å². The highest BCUT2D eigenvalue weighted by Crippen LogP contribution is 2.78. The molecule has 0 aliphatic carbocycles. The Morgan fingerprint density at radius 1 is 0.219 bits per heavy atom. The Hall–Kier alpha value is 0.840. The normalized spacial score (nSPS) is 15.9. The van der Waals surface area contributed by atoms with Crippen LogP contribution in [-0.4, -0.2) is 39.9 Å². The average molecular weight is 630 g/mol. The van der Waals surface area contributed by atoms with Crippen molar-refractivity contribution < 1.29 is 79.0 Å². The van der Waals surface area contributed by atoms with E-state index in [4.69, 9.17) is 0 Å². The highest BCUT2D eigenvalue weighted by molar-refractivity contribution is 8.43. The lowest BCUT2D eigenvalue weighted by Gasteiger charge is -2.47. The summed E-state index contributed by atoms with van der Waals surface area (Å²) in [4.78, 5) is 0. The molecule has 0 aromatic carbocycles. The molecule has 0 amide bonds. The lowest BCUT2D eigenvalue weighted by molar-refractivity contribution is -0.0425. The van der Waals surface area contributed by atoms with Crippen molar-refractivity contribution in [3.63, 3.8) is 0 Å². The monoisotopic (exact) mass is 630 g/mol. The topological polar surface area (TPSA) is 0 Å². The van der Waals surface area contributed by atoms with E-state index in [1.54, 1.807) is 0 Å². The largest absolute Gasteiger partial charge is 0.444 e. The van der Waals surface area contributed by atoms with E-state index in [1.807, 2.05) is 0 Å². The third-order valence-electron chi connectivity index (χ3n) is 1.88. The molecule has 0 fully saturated rings. The molecule has 0 aromatic heterocycles. The van der Waals surface area contributed by atoms with Gasteiger partial charge in [0.2, 0.25) is 0 Å². The average Bonchev–Trinajstić information content (AvgIpc) is 2.23. The highest BCUT2D eigenvalue weighted by atomic mass is 32.3. The van der Waals surface area contributed by atoms with Crippen LogP contribution in [0.5, 0.6) is 0 Å². The van der Waals surface area contributed by atoms with Crippen LogP contribution >= 0.6 is 70.6 Å². The fourth-order valence-corrected chi connectivity index (χ4v) is 10.6. The summed E-state index contributed by atoms with van der Waals surface area (Å²) in [6.07, 6.45) is 0. The first-order valence-electron chi connectivity index (χ1n) is 6.10. The van der Waals surface area contributed by atoms with Crippen LogP contribution in [0.2, 0.25) is 0 Å². The molecule has 0 heterocycles. The summed E-state index contributed by atoms with van der Waals surface area (Å²) in [6.45, 7) is 0. The van der Waals surface area contributed by atoms with Gasteiger partial charge in [-0.2, -0.15) is 79.0 Å². The standard InChI is InChI=1S/C8F18S6/c9-3(10,11)27-1(28-4(12,13)14,29-5(15,16)17)2(30-6(18,19)20,31-7(21,22)23)32-8(24,25)26.